The third kappa shape index (κ3) is 6.30. The Morgan fingerprint density at radius 1 is 1.50 bits per heavy atom. The number of carbonyl (C=O) groups is 1. The lowest BCUT2D eigenvalue weighted by atomic mass is 10.1. The number of amides is 1. The van der Waals surface area contributed by atoms with Gasteiger partial charge in [0.25, 0.3) is 0 Å². The van der Waals surface area contributed by atoms with Crippen LogP contribution in [0.1, 0.15) is 31.7 Å². The van der Waals surface area contributed by atoms with Crippen molar-refractivity contribution in [3.8, 4) is 0 Å². The van der Waals surface area contributed by atoms with Crippen molar-refractivity contribution < 1.29 is 9.90 Å². The standard InChI is InChI=1S/C15H24N2O2S/c1-11-5-6-13(16)10-14(11)17-15(19)4-3-9-20-12(2)7-8-18/h5-6,10,12,18H,3-4,7-9,16H2,1-2H3,(H,17,19). The zero-order valence-corrected chi connectivity index (χ0v) is 13.0. The number of aliphatic hydroxyl groups is 1. The SMILES string of the molecule is Cc1ccc(N)cc1NC(=O)CCCSC(C)CCO. The van der Waals surface area contributed by atoms with E-state index in [0.717, 1.165) is 29.8 Å². The van der Waals surface area contributed by atoms with Gasteiger partial charge in [-0.15, -0.1) is 0 Å². The average molecular weight is 296 g/mol. The fraction of sp³-hybridized carbons (Fsp3) is 0.533. The highest BCUT2D eigenvalue weighted by Gasteiger charge is 2.06. The topological polar surface area (TPSA) is 75.3 Å². The molecule has 0 fully saturated rings. The quantitative estimate of drug-likeness (QED) is 0.509. The molecule has 0 aliphatic carbocycles. The summed E-state index contributed by atoms with van der Waals surface area (Å²) >= 11 is 1.79. The van der Waals surface area contributed by atoms with E-state index in [2.05, 4.69) is 12.2 Å². The third-order valence-corrected chi connectivity index (χ3v) is 4.35. The lowest BCUT2D eigenvalue weighted by molar-refractivity contribution is -0.116. The summed E-state index contributed by atoms with van der Waals surface area (Å²) in [4.78, 5) is 11.8. The molecule has 0 radical (unpaired) electrons. The van der Waals surface area contributed by atoms with Crippen molar-refractivity contribution in [1.29, 1.82) is 0 Å². The number of carbonyl (C=O) groups excluding carboxylic acids is 1. The van der Waals surface area contributed by atoms with E-state index in [4.69, 9.17) is 10.8 Å². The molecule has 0 bridgehead atoms. The Balaban J connectivity index is 2.28. The average Bonchev–Trinajstić information content (AvgIpc) is 2.39. The number of thioether (sulfide) groups is 1. The number of hydrogen-bond donors (Lipinski definition) is 3. The van der Waals surface area contributed by atoms with Gasteiger partial charge in [0.1, 0.15) is 0 Å². The molecule has 20 heavy (non-hydrogen) atoms. The second-order valence-electron chi connectivity index (χ2n) is 4.92. The summed E-state index contributed by atoms with van der Waals surface area (Å²) in [5.74, 6) is 0.957. The third-order valence-electron chi connectivity index (χ3n) is 3.02. The largest absolute Gasteiger partial charge is 0.399 e. The Morgan fingerprint density at radius 2 is 2.25 bits per heavy atom. The molecule has 0 aromatic heterocycles. The highest BCUT2D eigenvalue weighted by Crippen LogP contribution is 2.19. The van der Waals surface area contributed by atoms with Crippen molar-refractivity contribution in [3.05, 3.63) is 23.8 Å². The van der Waals surface area contributed by atoms with E-state index in [1.807, 2.05) is 19.1 Å². The van der Waals surface area contributed by atoms with Crippen LogP contribution >= 0.6 is 11.8 Å². The van der Waals surface area contributed by atoms with Gasteiger partial charge in [-0.2, -0.15) is 11.8 Å². The van der Waals surface area contributed by atoms with Crippen LogP contribution < -0.4 is 11.1 Å². The summed E-state index contributed by atoms with van der Waals surface area (Å²) in [6.45, 7) is 4.27. The number of anilines is 2. The number of benzene rings is 1. The molecule has 1 aromatic rings. The molecule has 1 aromatic carbocycles. The maximum absolute atomic E-state index is 11.8. The van der Waals surface area contributed by atoms with Gasteiger partial charge in [0, 0.05) is 29.7 Å². The normalized spacial score (nSPS) is 12.2. The van der Waals surface area contributed by atoms with E-state index in [1.165, 1.54) is 0 Å². The number of rotatable bonds is 8. The van der Waals surface area contributed by atoms with Crippen LogP contribution in [0.4, 0.5) is 11.4 Å². The van der Waals surface area contributed by atoms with Gasteiger partial charge in [0.2, 0.25) is 5.91 Å². The van der Waals surface area contributed by atoms with Gasteiger partial charge in [-0.1, -0.05) is 13.0 Å². The summed E-state index contributed by atoms with van der Waals surface area (Å²) in [6.07, 6.45) is 2.15. The van der Waals surface area contributed by atoms with Crippen molar-refractivity contribution in [1.82, 2.24) is 0 Å². The lowest BCUT2D eigenvalue weighted by Gasteiger charge is -2.10. The molecule has 0 heterocycles. The fourth-order valence-corrected chi connectivity index (χ4v) is 2.75. The molecule has 4 nitrogen and oxygen atoms in total. The minimum absolute atomic E-state index is 0.0223. The van der Waals surface area contributed by atoms with E-state index >= 15 is 0 Å². The predicted octanol–water partition coefficient (Wildman–Crippen LogP) is 2.80. The zero-order valence-electron chi connectivity index (χ0n) is 12.2. The first-order valence-corrected chi connectivity index (χ1v) is 7.96. The number of nitrogen functional groups attached to an aromatic ring is 1. The van der Waals surface area contributed by atoms with Gasteiger partial charge in [0.15, 0.2) is 0 Å². The lowest BCUT2D eigenvalue weighted by Crippen LogP contribution is -2.13. The molecule has 0 aliphatic rings. The van der Waals surface area contributed by atoms with E-state index in [-0.39, 0.29) is 12.5 Å². The summed E-state index contributed by atoms with van der Waals surface area (Å²) in [5.41, 5.74) is 8.16. The molecule has 1 atom stereocenters. The van der Waals surface area contributed by atoms with Crippen molar-refractivity contribution in [2.45, 2.75) is 38.4 Å². The Hall–Kier alpha value is -1.20. The highest BCUT2D eigenvalue weighted by molar-refractivity contribution is 7.99. The minimum atomic E-state index is 0.0223. The monoisotopic (exact) mass is 296 g/mol. The van der Waals surface area contributed by atoms with Gasteiger partial charge >= 0.3 is 0 Å². The number of nitrogens with two attached hydrogens (primary N) is 1. The Morgan fingerprint density at radius 3 is 2.95 bits per heavy atom. The molecular formula is C15H24N2O2S. The maximum atomic E-state index is 11.8. The van der Waals surface area contributed by atoms with E-state index in [1.54, 1.807) is 17.8 Å². The first kappa shape index (κ1) is 16.9. The van der Waals surface area contributed by atoms with Crippen LogP contribution in [-0.4, -0.2) is 28.6 Å². The Bertz CT molecular complexity index is 438. The zero-order chi connectivity index (χ0) is 15.0. The molecule has 1 unspecified atom stereocenters. The van der Waals surface area contributed by atoms with Crippen LogP contribution in [0, 0.1) is 6.92 Å². The number of nitrogens with one attached hydrogen (secondary N) is 1. The van der Waals surface area contributed by atoms with E-state index < -0.39 is 0 Å². The van der Waals surface area contributed by atoms with Gasteiger partial charge in [0.05, 0.1) is 0 Å². The number of aliphatic hydroxyl groups excluding tert-OH is 1. The summed E-state index contributed by atoms with van der Waals surface area (Å²) in [6, 6.07) is 5.51. The van der Waals surface area contributed by atoms with Crippen LogP contribution in [0.2, 0.25) is 0 Å². The number of hydrogen-bond acceptors (Lipinski definition) is 4. The summed E-state index contributed by atoms with van der Waals surface area (Å²) in [7, 11) is 0. The number of aryl methyl sites for hydroxylation is 1. The highest BCUT2D eigenvalue weighted by atomic mass is 32.2. The van der Waals surface area contributed by atoms with Crippen LogP contribution in [0.25, 0.3) is 0 Å². The van der Waals surface area contributed by atoms with Crippen LogP contribution in [0.5, 0.6) is 0 Å². The van der Waals surface area contributed by atoms with Crippen LogP contribution in [0.15, 0.2) is 18.2 Å². The van der Waals surface area contributed by atoms with Crippen molar-refractivity contribution in [3.63, 3.8) is 0 Å². The van der Waals surface area contributed by atoms with Gasteiger partial charge in [-0.25, -0.2) is 0 Å². The summed E-state index contributed by atoms with van der Waals surface area (Å²) < 4.78 is 0. The first-order valence-electron chi connectivity index (χ1n) is 6.91. The molecule has 1 rings (SSSR count). The maximum Gasteiger partial charge on any atom is 0.224 e. The molecule has 5 heteroatoms. The first-order chi connectivity index (χ1) is 9.52. The van der Waals surface area contributed by atoms with Crippen LogP contribution in [0.3, 0.4) is 0 Å². The van der Waals surface area contributed by atoms with Crippen molar-refractivity contribution in [2.75, 3.05) is 23.4 Å². The molecule has 1 amide bonds. The second kappa shape index (κ2) is 8.87. The van der Waals surface area contributed by atoms with Crippen molar-refractivity contribution >= 4 is 29.0 Å². The smallest absolute Gasteiger partial charge is 0.224 e. The Labute approximate surface area is 125 Å². The second-order valence-corrected chi connectivity index (χ2v) is 6.47. The van der Waals surface area contributed by atoms with E-state index in [9.17, 15) is 4.79 Å². The predicted molar refractivity (Wildman–Crippen MR) is 87.1 cm³/mol. The van der Waals surface area contributed by atoms with Crippen molar-refractivity contribution in [2.24, 2.45) is 0 Å². The molecule has 112 valence electrons. The van der Waals surface area contributed by atoms with Gasteiger partial charge < -0.3 is 16.2 Å². The molecule has 0 spiro atoms. The molecule has 4 N–H and O–H groups in total. The van der Waals surface area contributed by atoms with E-state index in [0.29, 0.717) is 17.4 Å². The molecule has 0 aliphatic heterocycles. The van der Waals surface area contributed by atoms with Crippen LogP contribution in [-0.2, 0) is 4.79 Å². The molecular weight excluding hydrogens is 272 g/mol. The Kier molecular flexibility index (Phi) is 7.47. The summed E-state index contributed by atoms with van der Waals surface area (Å²) in [5, 5.41) is 12.1. The fourth-order valence-electron chi connectivity index (χ4n) is 1.77. The van der Waals surface area contributed by atoms with Gasteiger partial charge in [-0.05, 0) is 43.2 Å². The minimum Gasteiger partial charge on any atom is -0.399 e. The molecule has 0 saturated carbocycles. The molecule has 0 saturated heterocycles. The van der Waals surface area contributed by atoms with Gasteiger partial charge in [-0.3, -0.25) is 4.79 Å².